The Labute approximate surface area is 243 Å². The van der Waals surface area contributed by atoms with Crippen LogP contribution in [0.5, 0.6) is 0 Å². The molecule has 1 heterocycles. The molecule has 3 nitrogen and oxygen atoms in total. The highest BCUT2D eigenvalue weighted by molar-refractivity contribution is 7.21. The standard InChI is InChI=1S/C37H27N3S/c1-3-9-29(10-4-1)38-31-21-19-26(20-22-31)33-24-23-32(39-30-11-5-2-6-12-30)25-34(33)27-15-17-28(18-16-27)37-40-35-13-7-8-14-36(35)41-37/h1-25,38-39H. The van der Waals surface area contributed by atoms with Crippen LogP contribution in [0.1, 0.15) is 0 Å². The van der Waals surface area contributed by atoms with Gasteiger partial charge >= 0.3 is 0 Å². The van der Waals surface area contributed by atoms with Gasteiger partial charge in [-0.1, -0.05) is 91.0 Å². The smallest absolute Gasteiger partial charge is 0.124 e. The fraction of sp³-hybridized carbons (Fsp3) is 0. The van der Waals surface area contributed by atoms with Gasteiger partial charge in [-0.3, -0.25) is 0 Å². The molecule has 0 unspecified atom stereocenters. The Kier molecular flexibility index (Phi) is 6.73. The zero-order chi connectivity index (χ0) is 27.4. The molecule has 1 aromatic heterocycles. The number of thiazole rings is 1. The molecule has 7 rings (SSSR count). The summed E-state index contributed by atoms with van der Waals surface area (Å²) in [5.41, 5.74) is 11.1. The minimum Gasteiger partial charge on any atom is -0.356 e. The van der Waals surface area contributed by atoms with Crippen molar-refractivity contribution in [3.8, 4) is 32.8 Å². The predicted molar refractivity (Wildman–Crippen MR) is 175 cm³/mol. The highest BCUT2D eigenvalue weighted by Gasteiger charge is 2.12. The number of benzene rings is 6. The van der Waals surface area contributed by atoms with Crippen molar-refractivity contribution in [2.24, 2.45) is 0 Å². The van der Waals surface area contributed by atoms with Crippen LogP contribution in [0.3, 0.4) is 0 Å². The molecular formula is C37H27N3S. The molecule has 0 saturated carbocycles. The van der Waals surface area contributed by atoms with Gasteiger partial charge in [0.15, 0.2) is 0 Å². The molecule has 0 atom stereocenters. The summed E-state index contributed by atoms with van der Waals surface area (Å²) in [7, 11) is 0. The normalized spacial score (nSPS) is 10.9. The van der Waals surface area contributed by atoms with E-state index in [1.54, 1.807) is 11.3 Å². The lowest BCUT2D eigenvalue weighted by molar-refractivity contribution is 1.47. The van der Waals surface area contributed by atoms with Crippen molar-refractivity contribution in [2.75, 3.05) is 10.6 Å². The van der Waals surface area contributed by atoms with Crippen LogP contribution in [0.2, 0.25) is 0 Å². The maximum absolute atomic E-state index is 4.85. The Hall–Kier alpha value is -5.19. The monoisotopic (exact) mass is 545 g/mol. The average Bonchev–Trinajstić information content (AvgIpc) is 3.47. The van der Waals surface area contributed by atoms with Gasteiger partial charge in [-0.25, -0.2) is 4.98 Å². The van der Waals surface area contributed by atoms with Gasteiger partial charge in [0.2, 0.25) is 0 Å². The maximum atomic E-state index is 4.85. The number of hydrogen-bond donors (Lipinski definition) is 2. The van der Waals surface area contributed by atoms with Gasteiger partial charge in [-0.15, -0.1) is 11.3 Å². The van der Waals surface area contributed by atoms with E-state index in [9.17, 15) is 0 Å². The lowest BCUT2D eigenvalue weighted by Crippen LogP contribution is -1.93. The first kappa shape index (κ1) is 24.8. The summed E-state index contributed by atoms with van der Waals surface area (Å²) in [6.07, 6.45) is 0. The van der Waals surface area contributed by atoms with Crippen LogP contribution in [0, 0.1) is 0 Å². The third-order valence-electron chi connectivity index (χ3n) is 7.08. The minimum atomic E-state index is 1.04. The van der Waals surface area contributed by atoms with E-state index >= 15 is 0 Å². The van der Waals surface area contributed by atoms with Crippen LogP contribution < -0.4 is 10.6 Å². The van der Waals surface area contributed by atoms with Gasteiger partial charge in [0, 0.05) is 28.3 Å². The lowest BCUT2D eigenvalue weighted by Gasteiger charge is -2.15. The number of para-hydroxylation sites is 3. The van der Waals surface area contributed by atoms with Crippen LogP contribution >= 0.6 is 11.3 Å². The van der Waals surface area contributed by atoms with E-state index in [4.69, 9.17) is 4.98 Å². The predicted octanol–water partition coefficient (Wildman–Crippen LogP) is 10.8. The number of fused-ring (bicyclic) bond motifs is 1. The van der Waals surface area contributed by atoms with E-state index in [-0.39, 0.29) is 0 Å². The largest absolute Gasteiger partial charge is 0.356 e. The summed E-state index contributed by atoms with van der Waals surface area (Å²) < 4.78 is 1.21. The number of rotatable bonds is 7. The summed E-state index contributed by atoms with van der Waals surface area (Å²) >= 11 is 1.73. The van der Waals surface area contributed by atoms with Gasteiger partial charge < -0.3 is 10.6 Å². The Bertz CT molecular complexity index is 1880. The summed E-state index contributed by atoms with van der Waals surface area (Å²) in [4.78, 5) is 4.85. The number of aromatic nitrogens is 1. The second-order valence-corrected chi connectivity index (χ2v) is 10.9. The molecule has 0 spiro atoms. The van der Waals surface area contributed by atoms with E-state index in [0.717, 1.165) is 44.4 Å². The topological polar surface area (TPSA) is 37.0 Å². The fourth-order valence-corrected chi connectivity index (χ4v) is 5.98. The molecule has 0 aliphatic rings. The van der Waals surface area contributed by atoms with Crippen LogP contribution in [0.4, 0.5) is 22.7 Å². The molecule has 196 valence electrons. The van der Waals surface area contributed by atoms with Crippen LogP contribution in [-0.4, -0.2) is 4.98 Å². The minimum absolute atomic E-state index is 1.04. The second-order valence-electron chi connectivity index (χ2n) is 9.88. The van der Waals surface area contributed by atoms with Crippen molar-refractivity contribution in [1.82, 2.24) is 4.98 Å². The van der Waals surface area contributed by atoms with Crippen molar-refractivity contribution in [2.45, 2.75) is 0 Å². The van der Waals surface area contributed by atoms with E-state index in [2.05, 4.69) is 120 Å². The third kappa shape index (κ3) is 5.46. The number of nitrogens with zero attached hydrogens (tertiary/aromatic N) is 1. The maximum Gasteiger partial charge on any atom is 0.124 e. The molecule has 6 aromatic carbocycles. The van der Waals surface area contributed by atoms with Crippen molar-refractivity contribution >= 4 is 44.3 Å². The molecule has 7 aromatic rings. The Balaban J connectivity index is 1.24. The van der Waals surface area contributed by atoms with Crippen LogP contribution in [0.25, 0.3) is 43.0 Å². The molecule has 0 fully saturated rings. The van der Waals surface area contributed by atoms with Gasteiger partial charge in [-0.05, 0) is 82.9 Å². The molecule has 0 saturated heterocycles. The molecule has 0 amide bonds. The third-order valence-corrected chi connectivity index (χ3v) is 8.16. The van der Waals surface area contributed by atoms with E-state index in [1.807, 2.05) is 42.5 Å². The SMILES string of the molecule is c1ccc(Nc2ccc(-c3ccc(Nc4ccccc4)cc3-c3ccc(-c4nc5ccccc5s4)cc3)cc2)cc1. The Morgan fingerprint density at radius 2 is 0.927 bits per heavy atom. The molecule has 0 aliphatic carbocycles. The van der Waals surface area contributed by atoms with Crippen molar-refractivity contribution in [3.63, 3.8) is 0 Å². The first-order valence-electron chi connectivity index (χ1n) is 13.6. The van der Waals surface area contributed by atoms with Gasteiger partial charge in [-0.2, -0.15) is 0 Å². The summed E-state index contributed by atoms with van der Waals surface area (Å²) in [6, 6.07) is 52.9. The van der Waals surface area contributed by atoms with Crippen molar-refractivity contribution in [3.05, 3.63) is 152 Å². The first-order valence-corrected chi connectivity index (χ1v) is 14.5. The van der Waals surface area contributed by atoms with Crippen molar-refractivity contribution < 1.29 is 0 Å². The fourth-order valence-electron chi connectivity index (χ4n) is 5.01. The van der Waals surface area contributed by atoms with Gasteiger partial charge in [0.25, 0.3) is 0 Å². The average molecular weight is 546 g/mol. The zero-order valence-electron chi connectivity index (χ0n) is 22.3. The summed E-state index contributed by atoms with van der Waals surface area (Å²) in [5.74, 6) is 0. The van der Waals surface area contributed by atoms with E-state index in [0.29, 0.717) is 0 Å². The Morgan fingerprint density at radius 1 is 0.415 bits per heavy atom. The van der Waals surface area contributed by atoms with E-state index < -0.39 is 0 Å². The number of hydrogen-bond acceptors (Lipinski definition) is 4. The lowest BCUT2D eigenvalue weighted by atomic mass is 9.93. The van der Waals surface area contributed by atoms with E-state index in [1.165, 1.54) is 21.4 Å². The van der Waals surface area contributed by atoms with Crippen LogP contribution in [-0.2, 0) is 0 Å². The summed E-state index contributed by atoms with van der Waals surface area (Å²) in [6.45, 7) is 0. The van der Waals surface area contributed by atoms with Crippen molar-refractivity contribution in [1.29, 1.82) is 0 Å². The number of anilines is 4. The van der Waals surface area contributed by atoms with Crippen LogP contribution in [0.15, 0.2) is 152 Å². The highest BCUT2D eigenvalue weighted by atomic mass is 32.1. The highest BCUT2D eigenvalue weighted by Crippen LogP contribution is 2.37. The zero-order valence-corrected chi connectivity index (χ0v) is 23.1. The molecule has 4 heteroatoms. The molecule has 41 heavy (non-hydrogen) atoms. The number of nitrogens with one attached hydrogen (secondary N) is 2. The summed E-state index contributed by atoms with van der Waals surface area (Å²) in [5, 5.41) is 8.09. The van der Waals surface area contributed by atoms with Gasteiger partial charge in [0.05, 0.1) is 10.2 Å². The quantitative estimate of drug-likeness (QED) is 0.209. The molecular weight excluding hydrogens is 518 g/mol. The molecule has 0 aliphatic heterocycles. The molecule has 0 radical (unpaired) electrons. The van der Waals surface area contributed by atoms with Gasteiger partial charge in [0.1, 0.15) is 5.01 Å². The Morgan fingerprint density at radius 3 is 1.61 bits per heavy atom. The molecule has 0 bridgehead atoms. The molecule has 2 N–H and O–H groups in total. The second kappa shape index (κ2) is 11.1. The first-order chi connectivity index (χ1) is 20.3.